The number of piperidine rings is 1. The lowest BCUT2D eigenvalue weighted by atomic mass is 9.99. The molecule has 0 saturated carbocycles. The summed E-state index contributed by atoms with van der Waals surface area (Å²) in [7, 11) is -1.39. The molecule has 1 N–H and O–H groups in total. The second-order valence-electron chi connectivity index (χ2n) is 17.3. The largest absolute Gasteiger partial charge is 0.492 e. The van der Waals surface area contributed by atoms with Gasteiger partial charge in [0.25, 0.3) is 11.5 Å². The lowest BCUT2D eigenvalue weighted by Gasteiger charge is -2.26. The maximum atomic E-state index is 14.3. The van der Waals surface area contributed by atoms with Gasteiger partial charge in [-0.05, 0) is 101 Å². The highest BCUT2D eigenvalue weighted by atomic mass is 28.3. The number of nitrogens with zero attached hydrogens (tertiary/aromatic N) is 5. The van der Waals surface area contributed by atoms with Crippen LogP contribution in [-0.4, -0.2) is 82.3 Å². The number of nitrogens with one attached hydrogen (secondary N) is 1. The smallest absolute Gasteiger partial charge is 0.419 e. The molecule has 1 aliphatic carbocycles. The van der Waals surface area contributed by atoms with Crippen LogP contribution >= 0.6 is 0 Å². The van der Waals surface area contributed by atoms with E-state index in [1.165, 1.54) is 34.6 Å². The Bertz CT molecular complexity index is 2140. The fourth-order valence-electron chi connectivity index (χ4n) is 6.83. The minimum Gasteiger partial charge on any atom is -0.492 e. The van der Waals surface area contributed by atoms with Crippen LogP contribution in [0.4, 0.5) is 10.5 Å². The highest BCUT2D eigenvalue weighted by Crippen LogP contribution is 2.32. The molecule has 1 unspecified atom stereocenters. The Hall–Kier alpha value is -4.72. The number of likely N-dealkylation sites (tertiary alicyclic amines) is 1. The molecule has 12 nitrogen and oxygen atoms in total. The Kier molecular flexibility index (Phi) is 12.9. The Morgan fingerprint density at radius 1 is 1.02 bits per heavy atom. The molecular weight excluding hydrogens is 725 g/mol. The zero-order valence-corrected chi connectivity index (χ0v) is 35.1. The summed E-state index contributed by atoms with van der Waals surface area (Å²) in [5, 5.41) is 8.12. The van der Waals surface area contributed by atoms with Crippen LogP contribution in [0.1, 0.15) is 63.7 Å². The number of hydrogen-bond donors (Lipinski definition) is 1. The summed E-state index contributed by atoms with van der Waals surface area (Å²) >= 11 is 0. The van der Waals surface area contributed by atoms with E-state index >= 15 is 0 Å². The van der Waals surface area contributed by atoms with E-state index in [-0.39, 0.29) is 23.8 Å². The predicted octanol–water partition coefficient (Wildman–Crippen LogP) is 8.40. The molecular formula is C43H58N6O6Si. The Balaban J connectivity index is 1.33. The second-order valence-corrected chi connectivity index (χ2v) is 22.9. The molecule has 300 valence electrons. The third-order valence-electron chi connectivity index (χ3n) is 9.95. The number of benzene rings is 1. The first-order valence-corrected chi connectivity index (χ1v) is 23.6. The molecule has 0 radical (unpaired) electrons. The molecule has 4 aromatic rings. The van der Waals surface area contributed by atoms with Crippen molar-refractivity contribution >= 4 is 36.7 Å². The van der Waals surface area contributed by atoms with Gasteiger partial charge in [0.15, 0.2) is 0 Å². The van der Waals surface area contributed by atoms with E-state index in [1.54, 1.807) is 50.0 Å². The summed E-state index contributed by atoms with van der Waals surface area (Å²) in [5.74, 6) is 0.795. The summed E-state index contributed by atoms with van der Waals surface area (Å²) in [6.45, 7) is 19.0. The van der Waals surface area contributed by atoms with Crippen LogP contribution < -0.4 is 15.6 Å². The number of ether oxygens (including phenoxy) is 3. The third kappa shape index (κ3) is 11.0. The van der Waals surface area contributed by atoms with Crippen LogP contribution in [-0.2, 0) is 22.7 Å². The van der Waals surface area contributed by atoms with E-state index in [1.807, 2.05) is 18.2 Å². The van der Waals surface area contributed by atoms with Crippen molar-refractivity contribution in [2.45, 2.75) is 97.9 Å². The number of anilines is 1. The van der Waals surface area contributed by atoms with Crippen LogP contribution in [0.25, 0.3) is 22.2 Å². The van der Waals surface area contributed by atoms with E-state index < -0.39 is 19.8 Å². The zero-order valence-electron chi connectivity index (χ0n) is 34.1. The minimum absolute atomic E-state index is 0.0269. The van der Waals surface area contributed by atoms with Gasteiger partial charge < -0.3 is 19.5 Å². The lowest BCUT2D eigenvalue weighted by molar-refractivity contribution is 0.0547. The standard InChI is InChI=1S/C43H58N6O6Si/c1-31-11-13-32(14-12-31)27-48-28-34(26-44-48)40(50)45-35-25-37(41(51)47(29-35)30-53-21-22-56(5,6)7)39-24-33-23-36(54-20-19-46-17-9-8-10-18-46)15-16-38(33)49(39)42(52)55-43(2,3)4/h11,13-16,23-26,28-29,31H,8-10,12,17-22,27,30H2,1-7H3,(H,45,50). The summed E-state index contributed by atoms with van der Waals surface area (Å²) in [6, 6.07) is 9.88. The first-order valence-electron chi connectivity index (χ1n) is 19.9. The molecule has 1 saturated heterocycles. The number of aromatic nitrogens is 4. The molecule has 1 aliphatic heterocycles. The molecule has 6 rings (SSSR count). The Labute approximate surface area is 331 Å². The molecule has 1 amide bonds. The second kappa shape index (κ2) is 17.6. The predicted molar refractivity (Wildman–Crippen MR) is 224 cm³/mol. The highest BCUT2D eigenvalue weighted by molar-refractivity contribution is 6.76. The zero-order chi connectivity index (χ0) is 40.0. The fourth-order valence-corrected chi connectivity index (χ4v) is 7.59. The van der Waals surface area contributed by atoms with Gasteiger partial charge in [-0.3, -0.25) is 23.7 Å². The van der Waals surface area contributed by atoms with Gasteiger partial charge in [-0.25, -0.2) is 9.36 Å². The number of amides is 1. The number of carbonyl (C=O) groups is 2. The van der Waals surface area contributed by atoms with Crippen molar-refractivity contribution in [3.05, 3.63) is 88.6 Å². The normalized spacial score (nSPS) is 16.6. The molecule has 1 fully saturated rings. The van der Waals surface area contributed by atoms with Crippen molar-refractivity contribution in [1.82, 2.24) is 23.8 Å². The maximum Gasteiger partial charge on any atom is 0.419 e. The van der Waals surface area contributed by atoms with Gasteiger partial charge >= 0.3 is 6.09 Å². The molecule has 2 aliphatic rings. The van der Waals surface area contributed by atoms with Gasteiger partial charge in [0.2, 0.25) is 0 Å². The van der Waals surface area contributed by atoms with Crippen molar-refractivity contribution in [1.29, 1.82) is 0 Å². The van der Waals surface area contributed by atoms with Crippen molar-refractivity contribution in [3.8, 4) is 17.0 Å². The minimum atomic E-state index is -1.39. The third-order valence-corrected chi connectivity index (χ3v) is 11.7. The van der Waals surface area contributed by atoms with Gasteiger partial charge in [0.05, 0.1) is 40.8 Å². The number of hydrogen-bond acceptors (Lipinski definition) is 8. The van der Waals surface area contributed by atoms with Gasteiger partial charge in [0, 0.05) is 39.0 Å². The van der Waals surface area contributed by atoms with Crippen LogP contribution in [0.3, 0.4) is 0 Å². The van der Waals surface area contributed by atoms with Gasteiger partial charge in [0.1, 0.15) is 24.7 Å². The molecule has 1 aromatic carbocycles. The van der Waals surface area contributed by atoms with Crippen LogP contribution in [0, 0.1) is 5.92 Å². The molecule has 1 atom stereocenters. The molecule has 0 bridgehead atoms. The number of pyridine rings is 1. The summed E-state index contributed by atoms with van der Waals surface area (Å²) in [4.78, 5) is 44.4. The van der Waals surface area contributed by atoms with E-state index in [0.29, 0.717) is 59.3 Å². The van der Waals surface area contributed by atoms with Crippen LogP contribution in [0.2, 0.25) is 25.7 Å². The lowest BCUT2D eigenvalue weighted by Crippen LogP contribution is -2.33. The van der Waals surface area contributed by atoms with Gasteiger partial charge in [-0.15, -0.1) is 0 Å². The number of fused-ring (bicyclic) bond motifs is 1. The van der Waals surface area contributed by atoms with E-state index in [4.69, 9.17) is 14.2 Å². The Morgan fingerprint density at radius 3 is 2.52 bits per heavy atom. The van der Waals surface area contributed by atoms with E-state index in [9.17, 15) is 14.4 Å². The molecule has 3 aromatic heterocycles. The average Bonchev–Trinajstić information content (AvgIpc) is 3.76. The van der Waals surface area contributed by atoms with Gasteiger partial charge in [-0.1, -0.05) is 51.2 Å². The number of allylic oxidation sites excluding steroid dienone is 4. The number of rotatable bonds is 14. The maximum absolute atomic E-state index is 14.3. The van der Waals surface area contributed by atoms with Crippen LogP contribution in [0.15, 0.2) is 77.5 Å². The van der Waals surface area contributed by atoms with Crippen molar-refractivity contribution in [2.75, 3.05) is 38.2 Å². The topological polar surface area (TPSA) is 122 Å². The fraction of sp³-hybridized carbons (Fsp3) is 0.488. The van der Waals surface area contributed by atoms with Crippen molar-refractivity contribution in [3.63, 3.8) is 0 Å². The quantitative estimate of drug-likeness (QED) is 0.100. The van der Waals surface area contributed by atoms with Gasteiger partial charge in [-0.2, -0.15) is 5.10 Å². The SMILES string of the molecule is CC1C=CC(Cn2cc(C(=O)Nc3cc(-c4cc5cc(OCCN6CCCCC6)ccc5n4C(=O)OC(C)(C)C)c(=O)n(COCC[Si](C)(C)C)c3)cn2)=CC1. The molecule has 0 spiro atoms. The molecule has 4 heterocycles. The van der Waals surface area contributed by atoms with Crippen LogP contribution in [0.5, 0.6) is 5.75 Å². The van der Waals surface area contributed by atoms with Crippen molar-refractivity contribution < 1.29 is 23.8 Å². The summed E-state index contributed by atoms with van der Waals surface area (Å²) < 4.78 is 22.7. The average molecular weight is 783 g/mol. The monoisotopic (exact) mass is 782 g/mol. The number of carbonyl (C=O) groups excluding carboxylic acids is 2. The summed E-state index contributed by atoms with van der Waals surface area (Å²) in [6.07, 6.45) is 15.4. The van der Waals surface area contributed by atoms with Crippen molar-refractivity contribution in [2.24, 2.45) is 5.92 Å². The van der Waals surface area contributed by atoms with E-state index in [2.05, 4.69) is 60.1 Å². The summed E-state index contributed by atoms with van der Waals surface area (Å²) in [5.41, 5.74) is 1.79. The Morgan fingerprint density at radius 2 is 1.80 bits per heavy atom. The molecule has 13 heteroatoms. The van der Waals surface area contributed by atoms with E-state index in [0.717, 1.165) is 37.7 Å². The molecule has 56 heavy (non-hydrogen) atoms. The first kappa shape index (κ1) is 40.9. The first-order chi connectivity index (χ1) is 26.6. The highest BCUT2D eigenvalue weighted by Gasteiger charge is 2.26.